The Labute approximate surface area is 129 Å². The minimum atomic E-state index is -0.659. The Morgan fingerprint density at radius 1 is 1.50 bits per heavy atom. The van der Waals surface area contributed by atoms with Crippen molar-refractivity contribution in [2.75, 3.05) is 6.54 Å². The average molecular weight is 312 g/mol. The van der Waals surface area contributed by atoms with Crippen molar-refractivity contribution in [1.82, 2.24) is 15.1 Å². The molecule has 0 saturated carbocycles. The first kappa shape index (κ1) is 18.1. The van der Waals surface area contributed by atoms with Gasteiger partial charge in [0.05, 0.1) is 23.9 Å². The van der Waals surface area contributed by atoms with Gasteiger partial charge in [0.15, 0.2) is 5.56 Å². The number of hydrogen-bond acceptors (Lipinski definition) is 5. The molecule has 0 spiro atoms. The Balaban J connectivity index is 2.73. The van der Waals surface area contributed by atoms with Crippen molar-refractivity contribution in [1.29, 1.82) is 0 Å². The van der Waals surface area contributed by atoms with Crippen LogP contribution in [0.5, 0.6) is 0 Å². The van der Waals surface area contributed by atoms with E-state index in [1.807, 2.05) is 6.92 Å². The molecule has 0 radical (unpaired) electrons. The SMILES string of the molecule is CCCCCNC(=O)c1cn(CCC(O)CC)nc1[N+](=O)[O-]. The molecule has 0 aliphatic heterocycles. The molecular weight excluding hydrogens is 288 g/mol. The van der Waals surface area contributed by atoms with E-state index in [1.165, 1.54) is 10.9 Å². The predicted molar refractivity (Wildman–Crippen MR) is 81.7 cm³/mol. The normalized spacial score (nSPS) is 12.1. The predicted octanol–water partition coefficient (Wildman–Crippen LogP) is 1.87. The molecule has 22 heavy (non-hydrogen) atoms. The van der Waals surface area contributed by atoms with Crippen LogP contribution in [0.4, 0.5) is 5.82 Å². The lowest BCUT2D eigenvalue weighted by atomic mass is 10.2. The number of rotatable bonds is 10. The van der Waals surface area contributed by atoms with Gasteiger partial charge in [-0.2, -0.15) is 4.68 Å². The van der Waals surface area contributed by atoms with Crippen molar-refractivity contribution >= 4 is 11.7 Å². The molecule has 0 bridgehead atoms. The zero-order valence-electron chi connectivity index (χ0n) is 13.1. The summed E-state index contributed by atoms with van der Waals surface area (Å²) in [7, 11) is 0. The van der Waals surface area contributed by atoms with Crippen LogP contribution in [0.2, 0.25) is 0 Å². The molecule has 0 aromatic carbocycles. The highest BCUT2D eigenvalue weighted by atomic mass is 16.6. The first-order chi connectivity index (χ1) is 10.5. The molecule has 0 fully saturated rings. The summed E-state index contributed by atoms with van der Waals surface area (Å²) in [4.78, 5) is 22.4. The maximum absolute atomic E-state index is 12.0. The van der Waals surface area contributed by atoms with Crippen LogP contribution in [0, 0.1) is 10.1 Å². The van der Waals surface area contributed by atoms with E-state index in [4.69, 9.17) is 0 Å². The van der Waals surface area contributed by atoms with E-state index < -0.39 is 22.8 Å². The number of amides is 1. The van der Waals surface area contributed by atoms with E-state index in [1.54, 1.807) is 0 Å². The number of aromatic nitrogens is 2. The molecule has 1 atom stereocenters. The van der Waals surface area contributed by atoms with Gasteiger partial charge in [-0.15, -0.1) is 0 Å². The molecule has 8 nitrogen and oxygen atoms in total. The summed E-state index contributed by atoms with van der Waals surface area (Å²) in [6.07, 6.45) is 4.81. The van der Waals surface area contributed by atoms with E-state index >= 15 is 0 Å². The smallest absolute Gasteiger partial charge is 0.393 e. The van der Waals surface area contributed by atoms with Gasteiger partial charge >= 0.3 is 5.82 Å². The van der Waals surface area contributed by atoms with Crippen LogP contribution in [-0.4, -0.2) is 38.4 Å². The molecule has 2 N–H and O–H groups in total. The van der Waals surface area contributed by atoms with Crippen molar-refractivity contribution < 1.29 is 14.8 Å². The van der Waals surface area contributed by atoms with Crippen molar-refractivity contribution in [3.63, 3.8) is 0 Å². The van der Waals surface area contributed by atoms with Crippen LogP contribution in [-0.2, 0) is 6.54 Å². The number of carbonyl (C=O) groups excluding carboxylic acids is 1. The highest BCUT2D eigenvalue weighted by Gasteiger charge is 2.26. The fraction of sp³-hybridized carbons (Fsp3) is 0.714. The third kappa shape index (κ3) is 5.44. The highest BCUT2D eigenvalue weighted by molar-refractivity contribution is 5.97. The molecule has 124 valence electrons. The Kier molecular flexibility index (Phi) is 7.51. The van der Waals surface area contributed by atoms with Crippen LogP contribution >= 0.6 is 0 Å². The first-order valence-corrected chi connectivity index (χ1v) is 7.67. The van der Waals surface area contributed by atoms with Gasteiger partial charge in [-0.1, -0.05) is 26.7 Å². The van der Waals surface area contributed by atoms with Crippen LogP contribution in [0.25, 0.3) is 0 Å². The second-order valence-corrected chi connectivity index (χ2v) is 5.20. The number of nitrogens with one attached hydrogen (secondary N) is 1. The minimum absolute atomic E-state index is 0.0347. The molecule has 1 amide bonds. The number of aliphatic hydroxyl groups excluding tert-OH is 1. The molecule has 1 rings (SSSR count). The largest absolute Gasteiger partial charge is 0.402 e. The number of aliphatic hydroxyl groups is 1. The van der Waals surface area contributed by atoms with Gasteiger partial charge in [-0.3, -0.25) is 4.79 Å². The zero-order chi connectivity index (χ0) is 16.5. The Morgan fingerprint density at radius 2 is 2.23 bits per heavy atom. The lowest BCUT2D eigenvalue weighted by Crippen LogP contribution is -2.24. The van der Waals surface area contributed by atoms with Crippen molar-refractivity contribution in [3.05, 3.63) is 21.9 Å². The maximum Gasteiger partial charge on any atom is 0.402 e. The third-order valence-corrected chi connectivity index (χ3v) is 3.39. The number of carbonyl (C=O) groups is 1. The van der Waals surface area contributed by atoms with E-state index in [0.717, 1.165) is 19.3 Å². The van der Waals surface area contributed by atoms with Gasteiger partial charge in [-0.05, 0) is 24.2 Å². The maximum atomic E-state index is 12.0. The van der Waals surface area contributed by atoms with Gasteiger partial charge in [0.1, 0.15) is 0 Å². The fourth-order valence-corrected chi connectivity index (χ4v) is 1.98. The van der Waals surface area contributed by atoms with Crippen molar-refractivity contribution in [2.24, 2.45) is 0 Å². The van der Waals surface area contributed by atoms with Crippen LogP contribution in [0.1, 0.15) is 56.3 Å². The average Bonchev–Trinajstić information content (AvgIpc) is 2.93. The van der Waals surface area contributed by atoms with Gasteiger partial charge in [0.2, 0.25) is 0 Å². The van der Waals surface area contributed by atoms with Gasteiger partial charge in [-0.25, -0.2) is 0 Å². The number of nitrogens with zero attached hydrogens (tertiary/aromatic N) is 3. The van der Waals surface area contributed by atoms with Crippen molar-refractivity contribution in [2.45, 2.75) is 58.6 Å². The van der Waals surface area contributed by atoms with E-state index in [9.17, 15) is 20.0 Å². The molecule has 0 saturated heterocycles. The van der Waals surface area contributed by atoms with E-state index in [-0.39, 0.29) is 5.56 Å². The second-order valence-electron chi connectivity index (χ2n) is 5.20. The summed E-state index contributed by atoms with van der Waals surface area (Å²) >= 11 is 0. The number of hydrogen-bond donors (Lipinski definition) is 2. The number of nitro groups is 1. The summed E-state index contributed by atoms with van der Waals surface area (Å²) < 4.78 is 1.35. The summed E-state index contributed by atoms with van der Waals surface area (Å²) in [5.41, 5.74) is -0.0347. The molecule has 0 aliphatic rings. The lowest BCUT2D eigenvalue weighted by Gasteiger charge is -2.04. The fourth-order valence-electron chi connectivity index (χ4n) is 1.98. The molecular formula is C14H24N4O4. The number of unbranched alkanes of at least 4 members (excludes halogenated alkanes) is 2. The van der Waals surface area contributed by atoms with Crippen molar-refractivity contribution in [3.8, 4) is 0 Å². The Bertz CT molecular complexity index is 501. The zero-order valence-corrected chi connectivity index (χ0v) is 13.1. The topological polar surface area (TPSA) is 110 Å². The molecule has 1 heterocycles. The second kappa shape index (κ2) is 9.14. The quantitative estimate of drug-likeness (QED) is 0.389. The summed E-state index contributed by atoms with van der Waals surface area (Å²) in [5, 5.41) is 27.0. The Morgan fingerprint density at radius 3 is 2.82 bits per heavy atom. The molecule has 1 unspecified atom stereocenters. The first-order valence-electron chi connectivity index (χ1n) is 7.67. The molecule has 1 aromatic rings. The minimum Gasteiger partial charge on any atom is -0.393 e. The van der Waals surface area contributed by atoms with E-state index in [2.05, 4.69) is 17.3 Å². The third-order valence-electron chi connectivity index (χ3n) is 3.39. The van der Waals surface area contributed by atoms with Gasteiger partial charge < -0.3 is 20.5 Å². The summed E-state index contributed by atoms with van der Waals surface area (Å²) in [5.74, 6) is -0.927. The van der Waals surface area contributed by atoms with Gasteiger partial charge in [0, 0.05) is 6.54 Å². The number of aryl methyl sites for hydroxylation is 1. The Hall–Kier alpha value is -1.96. The highest BCUT2D eigenvalue weighted by Crippen LogP contribution is 2.16. The molecule has 0 aliphatic carbocycles. The lowest BCUT2D eigenvalue weighted by molar-refractivity contribution is -0.390. The van der Waals surface area contributed by atoms with Crippen LogP contribution in [0.3, 0.4) is 0 Å². The molecule has 8 heteroatoms. The summed E-state index contributed by atoms with van der Waals surface area (Å²) in [6, 6.07) is 0. The standard InChI is InChI=1S/C14H24N4O4/c1-3-5-6-8-15-14(20)12-10-17(9-7-11(19)4-2)16-13(12)18(21)22/h10-11,19H,3-9H2,1-2H3,(H,15,20). The van der Waals surface area contributed by atoms with Crippen LogP contribution in [0.15, 0.2) is 6.20 Å². The summed E-state index contributed by atoms with van der Waals surface area (Å²) in [6.45, 7) is 4.73. The molecule has 1 aromatic heterocycles. The van der Waals surface area contributed by atoms with Crippen LogP contribution < -0.4 is 5.32 Å². The monoisotopic (exact) mass is 312 g/mol. The van der Waals surface area contributed by atoms with E-state index in [0.29, 0.717) is 25.9 Å². The van der Waals surface area contributed by atoms with Gasteiger partial charge in [0.25, 0.3) is 5.91 Å².